The van der Waals surface area contributed by atoms with Crippen molar-refractivity contribution in [1.82, 2.24) is 63.1 Å². The summed E-state index contributed by atoms with van der Waals surface area (Å²) in [7, 11) is 0. The standard InChI is InChI=1S/C54H85N17O19S/c1-25(2)17-34(45(81)61-22-40(77)63-32(12-13-41(78)79)46(82)64-33(53(89)90)7-6-15-60-54(57)58)66-47(83)35(18-28-8-10-30(75)11-9-28)67-48(84)36(19-29-21-59-24-62-29)68-51(87)42(26(3)73)71-52(88)43(27(4)74)70-50(86)38(23-72)69-49(85)37(20-39(56)76)65-44(80)31(55)14-16-91-5/h8-11,21,24-27,31-38,42-43,72-75H,6-7,12-20,22-23,55H2,1-5H3,(H2,56,76)(H,59,62)(H,61,81)(H,63,77)(H,64,82)(H,65,80)(H,66,83)(H,67,84)(H,68,87)(H,69,85)(H,70,86)(H,71,88)(H,78,79)(H,89,90)(H4,57,58,60)/t26-,27-,31+,32+,33+,34+,35+,36+,37+,38+,42+,43+/m1/s1. The molecule has 91 heavy (non-hydrogen) atoms. The van der Waals surface area contributed by atoms with Gasteiger partial charge in [0.25, 0.3) is 0 Å². The van der Waals surface area contributed by atoms with Crippen LogP contribution in [0.15, 0.2) is 41.8 Å². The number of hydrogen-bond donors (Lipinski definition) is 21. The average Bonchev–Trinajstić information content (AvgIpc) is 1.93. The lowest BCUT2D eigenvalue weighted by molar-refractivity contribution is -0.143. The second-order valence-corrected chi connectivity index (χ2v) is 22.4. The van der Waals surface area contributed by atoms with Crippen LogP contribution in [0.1, 0.15) is 83.9 Å². The van der Waals surface area contributed by atoms with E-state index in [4.69, 9.17) is 22.9 Å². The molecule has 36 nitrogen and oxygen atoms in total. The first-order valence-corrected chi connectivity index (χ1v) is 29.9. The van der Waals surface area contributed by atoms with Crippen LogP contribution in [0.4, 0.5) is 0 Å². The number of aliphatic carboxylic acids is 2. The summed E-state index contributed by atoms with van der Waals surface area (Å²) in [4.78, 5) is 183. The minimum Gasteiger partial charge on any atom is -0.508 e. The number of imidazole rings is 1. The number of carboxylic acid groups (broad SMARTS) is 2. The molecule has 506 valence electrons. The fourth-order valence-corrected chi connectivity index (χ4v) is 8.85. The van der Waals surface area contributed by atoms with E-state index in [9.17, 15) is 93.0 Å². The number of carboxylic acids is 2. The van der Waals surface area contributed by atoms with Gasteiger partial charge in [-0.1, -0.05) is 26.0 Å². The number of benzene rings is 1. The summed E-state index contributed by atoms with van der Waals surface area (Å²) in [6.07, 6.45) is -1.88. The number of amides is 11. The van der Waals surface area contributed by atoms with Gasteiger partial charge in [0.05, 0.1) is 44.1 Å². The topological polar surface area (TPSA) is 609 Å². The molecule has 0 radical (unpaired) electrons. The summed E-state index contributed by atoms with van der Waals surface area (Å²) in [5.74, 6) is -15.1. The number of carbonyl (C=O) groups is 13. The molecule has 0 saturated carbocycles. The van der Waals surface area contributed by atoms with Gasteiger partial charge in [0.1, 0.15) is 60.1 Å². The number of aromatic amines is 1. The Hall–Kier alpha value is -9.20. The fraction of sp³-hybridized carbons (Fsp3) is 0.574. The molecule has 0 saturated heterocycles. The third kappa shape index (κ3) is 29.3. The maximum absolute atomic E-state index is 14.5. The molecule has 1 heterocycles. The van der Waals surface area contributed by atoms with Crippen molar-refractivity contribution in [2.75, 3.05) is 31.7 Å². The van der Waals surface area contributed by atoms with Gasteiger partial charge >= 0.3 is 11.9 Å². The Balaban J connectivity index is 2.42. The molecular formula is C54H85N17O19S. The first kappa shape index (κ1) is 77.9. The van der Waals surface area contributed by atoms with Crippen molar-refractivity contribution in [3.8, 4) is 5.75 Å². The fourth-order valence-electron chi connectivity index (χ4n) is 8.36. The number of aromatic hydroxyl groups is 1. The number of aromatic nitrogens is 2. The van der Waals surface area contributed by atoms with Gasteiger partial charge in [0.15, 0.2) is 5.96 Å². The van der Waals surface area contributed by atoms with E-state index in [2.05, 4.69) is 68.1 Å². The molecule has 0 unspecified atom stereocenters. The number of thioether (sulfide) groups is 1. The van der Waals surface area contributed by atoms with Crippen LogP contribution in [0.5, 0.6) is 5.75 Å². The molecule has 12 atom stereocenters. The van der Waals surface area contributed by atoms with Crippen molar-refractivity contribution in [1.29, 1.82) is 0 Å². The Morgan fingerprint density at radius 1 is 0.615 bits per heavy atom. The molecule has 1 aromatic heterocycles. The van der Waals surface area contributed by atoms with Crippen molar-refractivity contribution in [3.63, 3.8) is 0 Å². The zero-order valence-electron chi connectivity index (χ0n) is 50.8. The van der Waals surface area contributed by atoms with Crippen LogP contribution in [0.2, 0.25) is 0 Å². The van der Waals surface area contributed by atoms with Crippen LogP contribution in [-0.2, 0) is 75.2 Å². The summed E-state index contributed by atoms with van der Waals surface area (Å²) in [6, 6.07) is -11.1. The predicted octanol–water partition coefficient (Wildman–Crippen LogP) is -7.86. The number of carbonyl (C=O) groups excluding carboxylic acids is 11. The molecule has 0 spiro atoms. The Morgan fingerprint density at radius 3 is 1.66 bits per heavy atom. The lowest BCUT2D eigenvalue weighted by Gasteiger charge is -2.29. The highest BCUT2D eigenvalue weighted by atomic mass is 32.2. The molecular weight excluding hydrogens is 1220 g/mol. The zero-order valence-corrected chi connectivity index (χ0v) is 51.6. The van der Waals surface area contributed by atoms with Crippen molar-refractivity contribution < 1.29 is 93.0 Å². The number of nitrogens with one attached hydrogen (secondary N) is 11. The summed E-state index contributed by atoms with van der Waals surface area (Å²) in [5.41, 5.74) is 22.3. The number of aliphatic hydroxyl groups excluding tert-OH is 3. The first-order valence-electron chi connectivity index (χ1n) is 28.5. The Bertz CT molecular complexity index is 2820. The third-order valence-electron chi connectivity index (χ3n) is 13.2. The number of nitrogens with two attached hydrogens (primary N) is 4. The average molecular weight is 1310 g/mol. The highest BCUT2D eigenvalue weighted by Gasteiger charge is 2.38. The van der Waals surface area contributed by atoms with Gasteiger partial charge < -0.3 is 112 Å². The highest BCUT2D eigenvalue weighted by Crippen LogP contribution is 2.14. The van der Waals surface area contributed by atoms with Gasteiger partial charge in [-0.25, -0.2) is 9.78 Å². The second kappa shape index (κ2) is 39.7. The van der Waals surface area contributed by atoms with Gasteiger partial charge in [-0.2, -0.15) is 11.8 Å². The molecule has 2 aromatic rings. The SMILES string of the molecule is CSCC[C@H](N)C(=O)N[C@@H](CC(N)=O)C(=O)N[C@@H](CO)C(=O)N[C@H](C(=O)N[C@H](C(=O)N[C@@H](Cc1cnc[nH]1)C(=O)N[C@@H](Cc1ccc(O)cc1)C(=O)N[C@@H](CC(C)C)C(=O)NCC(=O)N[C@@H](CCC(=O)O)C(=O)N[C@@H](CCCN=C(N)N)C(=O)O)[C@@H](C)O)[C@@H](C)O. The molecule has 37 heteroatoms. The molecule has 1 aromatic carbocycles. The number of phenolic OH excluding ortho intramolecular Hbond substituents is 1. The molecule has 2 rings (SSSR count). The van der Waals surface area contributed by atoms with Crippen LogP contribution in [0, 0.1) is 5.92 Å². The molecule has 11 amide bonds. The summed E-state index contributed by atoms with van der Waals surface area (Å²) in [5, 5.41) is 83.9. The molecule has 0 fully saturated rings. The number of rotatable bonds is 42. The van der Waals surface area contributed by atoms with Gasteiger partial charge in [-0.15, -0.1) is 0 Å². The lowest BCUT2D eigenvalue weighted by atomic mass is 10.0. The van der Waals surface area contributed by atoms with E-state index in [0.717, 1.165) is 13.8 Å². The number of H-pyrrole nitrogens is 1. The van der Waals surface area contributed by atoms with Gasteiger partial charge in [0.2, 0.25) is 65.0 Å². The van der Waals surface area contributed by atoms with Crippen LogP contribution in [0.3, 0.4) is 0 Å². The maximum atomic E-state index is 14.5. The summed E-state index contributed by atoms with van der Waals surface area (Å²) < 4.78 is 0. The van der Waals surface area contributed by atoms with E-state index in [0.29, 0.717) is 11.3 Å². The Morgan fingerprint density at radius 2 is 1.13 bits per heavy atom. The molecule has 25 N–H and O–H groups in total. The quantitative estimate of drug-likeness (QED) is 0.0167. The predicted molar refractivity (Wildman–Crippen MR) is 324 cm³/mol. The Kier molecular flexibility index (Phi) is 34.0. The van der Waals surface area contributed by atoms with E-state index in [1.54, 1.807) is 20.1 Å². The van der Waals surface area contributed by atoms with E-state index in [1.165, 1.54) is 48.6 Å². The zero-order chi connectivity index (χ0) is 68.7. The highest BCUT2D eigenvalue weighted by molar-refractivity contribution is 7.98. The van der Waals surface area contributed by atoms with E-state index in [-0.39, 0.29) is 62.0 Å². The smallest absolute Gasteiger partial charge is 0.326 e. The largest absolute Gasteiger partial charge is 0.508 e. The normalized spacial score (nSPS) is 15.0. The molecule has 0 bridgehead atoms. The molecule has 0 aliphatic carbocycles. The van der Waals surface area contributed by atoms with Crippen molar-refractivity contribution in [2.24, 2.45) is 33.8 Å². The van der Waals surface area contributed by atoms with Crippen molar-refractivity contribution in [3.05, 3.63) is 48.0 Å². The van der Waals surface area contributed by atoms with Gasteiger partial charge in [0, 0.05) is 37.7 Å². The van der Waals surface area contributed by atoms with E-state index < -0.39 is 188 Å². The van der Waals surface area contributed by atoms with Crippen molar-refractivity contribution >= 4 is 94.6 Å². The monoisotopic (exact) mass is 1310 g/mol. The lowest BCUT2D eigenvalue weighted by Crippen LogP contribution is -2.64. The summed E-state index contributed by atoms with van der Waals surface area (Å²) in [6.45, 7) is 3.51. The van der Waals surface area contributed by atoms with Crippen LogP contribution in [-0.4, -0.2) is 228 Å². The van der Waals surface area contributed by atoms with Crippen molar-refractivity contribution in [2.45, 2.75) is 158 Å². The number of guanidine groups is 1. The molecule has 0 aliphatic heterocycles. The third-order valence-corrected chi connectivity index (χ3v) is 13.8. The second-order valence-electron chi connectivity index (χ2n) is 21.4. The van der Waals surface area contributed by atoms with E-state index >= 15 is 0 Å². The number of aliphatic hydroxyl groups is 3. The van der Waals surface area contributed by atoms with Gasteiger partial charge in [-0.3, -0.25) is 62.5 Å². The van der Waals surface area contributed by atoms with Gasteiger partial charge in [-0.05, 0) is 81.6 Å². The minimum atomic E-state index is -1.99. The number of primary amides is 1. The maximum Gasteiger partial charge on any atom is 0.326 e. The number of nitrogens with zero attached hydrogens (tertiary/aromatic N) is 2. The minimum absolute atomic E-state index is 0.0217. The van der Waals surface area contributed by atoms with E-state index in [1.807, 2.05) is 0 Å². The number of hydrogen-bond acceptors (Lipinski definition) is 21. The number of aliphatic imine (C=N–C) groups is 1. The first-order chi connectivity index (χ1) is 42.8. The number of phenols is 1. The van der Waals surface area contributed by atoms with Crippen LogP contribution >= 0.6 is 11.8 Å². The van der Waals surface area contributed by atoms with Crippen LogP contribution < -0.4 is 76.1 Å². The summed E-state index contributed by atoms with van der Waals surface area (Å²) >= 11 is 1.39. The molecule has 0 aliphatic rings. The van der Waals surface area contributed by atoms with Crippen LogP contribution in [0.25, 0.3) is 0 Å². The Labute approximate surface area is 526 Å².